The first-order valence-electron chi connectivity index (χ1n) is 12.8. The van der Waals surface area contributed by atoms with Gasteiger partial charge in [-0.25, -0.2) is 0 Å². The highest BCUT2D eigenvalue weighted by Gasteiger charge is 2.25. The first kappa shape index (κ1) is 23.8. The van der Waals surface area contributed by atoms with Crippen molar-refractivity contribution >= 4 is 16.8 Å². The smallest absolute Gasteiger partial charge is 0.219 e. The zero-order valence-electron chi connectivity index (χ0n) is 20.6. The lowest BCUT2D eigenvalue weighted by molar-refractivity contribution is -0.129. The first-order valence-corrected chi connectivity index (χ1v) is 12.8. The Balaban J connectivity index is 1.28. The standard InChI is InChI=1S/C29H35N3O3/c1-22(33)32-14-13-31(18-23-6-2-10-27(17-23)35-21-28-11-5-15-34-28)19-24(20-32)16-26-8-3-7-25-9-4-12-30-29(25)26/h2-4,6-10,12,17,24,28H,5,11,13-16,18-21H2,1H3/t24-,28-/m1/s1. The van der Waals surface area contributed by atoms with Gasteiger partial charge >= 0.3 is 0 Å². The van der Waals surface area contributed by atoms with Gasteiger partial charge in [-0.1, -0.05) is 36.4 Å². The SMILES string of the molecule is CC(=O)N1CCN(Cc2cccc(OC[C@H]3CCCO3)c2)C[C@@H](Cc2cccc3cccnc23)C1. The van der Waals surface area contributed by atoms with Crippen LogP contribution in [0.25, 0.3) is 10.9 Å². The van der Waals surface area contributed by atoms with Crippen LogP contribution >= 0.6 is 0 Å². The van der Waals surface area contributed by atoms with E-state index in [0.29, 0.717) is 12.5 Å². The molecule has 2 saturated heterocycles. The van der Waals surface area contributed by atoms with E-state index in [1.807, 2.05) is 23.2 Å². The number of aromatic nitrogens is 1. The Kier molecular flexibility index (Phi) is 7.60. The minimum Gasteiger partial charge on any atom is -0.491 e. The number of ether oxygens (including phenoxy) is 2. The van der Waals surface area contributed by atoms with Crippen molar-refractivity contribution in [2.24, 2.45) is 5.92 Å². The average molecular weight is 474 g/mol. The molecule has 5 rings (SSSR count). The lowest BCUT2D eigenvalue weighted by Gasteiger charge is -2.25. The van der Waals surface area contributed by atoms with Crippen molar-refractivity contribution in [3.05, 3.63) is 71.9 Å². The minimum absolute atomic E-state index is 0.150. The number of rotatable bonds is 7. The first-order chi connectivity index (χ1) is 17.1. The molecule has 2 aromatic carbocycles. The van der Waals surface area contributed by atoms with Gasteiger partial charge in [0.1, 0.15) is 12.4 Å². The van der Waals surface area contributed by atoms with Crippen LogP contribution in [0.5, 0.6) is 5.75 Å². The predicted octanol–water partition coefficient (Wildman–Crippen LogP) is 4.32. The minimum atomic E-state index is 0.150. The molecule has 35 heavy (non-hydrogen) atoms. The summed E-state index contributed by atoms with van der Waals surface area (Å²) in [7, 11) is 0. The highest BCUT2D eigenvalue weighted by molar-refractivity contribution is 5.81. The third kappa shape index (κ3) is 6.19. The molecular weight excluding hydrogens is 438 g/mol. The van der Waals surface area contributed by atoms with E-state index in [-0.39, 0.29) is 12.0 Å². The highest BCUT2D eigenvalue weighted by Crippen LogP contribution is 2.23. The van der Waals surface area contributed by atoms with Crippen LogP contribution in [0.4, 0.5) is 0 Å². The Morgan fingerprint density at radius 3 is 2.86 bits per heavy atom. The Hall–Kier alpha value is -2.96. The molecule has 0 bridgehead atoms. The third-order valence-corrected chi connectivity index (χ3v) is 7.12. The van der Waals surface area contributed by atoms with Gasteiger partial charge in [-0.05, 0) is 54.5 Å². The fourth-order valence-corrected chi connectivity index (χ4v) is 5.34. The van der Waals surface area contributed by atoms with E-state index in [1.54, 1.807) is 6.92 Å². The number of carbonyl (C=O) groups excluding carboxylic acids is 1. The number of amides is 1. The number of hydrogen-bond acceptors (Lipinski definition) is 5. The maximum absolute atomic E-state index is 12.3. The fourth-order valence-electron chi connectivity index (χ4n) is 5.34. The van der Waals surface area contributed by atoms with Crippen LogP contribution in [0, 0.1) is 5.92 Å². The predicted molar refractivity (Wildman–Crippen MR) is 137 cm³/mol. The summed E-state index contributed by atoms with van der Waals surface area (Å²) in [6.07, 6.45) is 5.18. The van der Waals surface area contributed by atoms with Gasteiger partial charge in [0, 0.05) is 57.8 Å². The van der Waals surface area contributed by atoms with E-state index in [1.165, 1.54) is 16.5 Å². The van der Waals surface area contributed by atoms with Crippen LogP contribution in [0.15, 0.2) is 60.8 Å². The van der Waals surface area contributed by atoms with Crippen molar-refractivity contribution in [1.29, 1.82) is 0 Å². The molecular formula is C29H35N3O3. The van der Waals surface area contributed by atoms with Crippen LogP contribution in [0.1, 0.15) is 30.9 Å². The number of pyridine rings is 1. The molecule has 3 heterocycles. The summed E-state index contributed by atoms with van der Waals surface area (Å²) in [6, 6.07) is 18.9. The molecule has 6 heteroatoms. The van der Waals surface area contributed by atoms with E-state index in [4.69, 9.17) is 9.47 Å². The maximum Gasteiger partial charge on any atom is 0.219 e. The second kappa shape index (κ2) is 11.2. The van der Waals surface area contributed by atoms with Crippen molar-refractivity contribution in [2.45, 2.75) is 38.8 Å². The number of carbonyl (C=O) groups is 1. The summed E-state index contributed by atoms with van der Waals surface area (Å²) in [5, 5.41) is 1.17. The van der Waals surface area contributed by atoms with Gasteiger partial charge in [-0.15, -0.1) is 0 Å². The number of para-hydroxylation sites is 1. The van der Waals surface area contributed by atoms with E-state index in [0.717, 1.165) is 69.9 Å². The number of benzene rings is 2. The topological polar surface area (TPSA) is 54.9 Å². The molecule has 0 saturated carbocycles. The molecule has 184 valence electrons. The second-order valence-corrected chi connectivity index (χ2v) is 9.86. The third-order valence-electron chi connectivity index (χ3n) is 7.12. The Morgan fingerprint density at radius 1 is 1.11 bits per heavy atom. The van der Waals surface area contributed by atoms with Crippen molar-refractivity contribution in [2.75, 3.05) is 39.4 Å². The molecule has 2 aliphatic rings. The Bertz CT molecular complexity index is 1140. The van der Waals surface area contributed by atoms with Crippen LogP contribution in [-0.4, -0.2) is 66.2 Å². The molecule has 0 radical (unpaired) electrons. The van der Waals surface area contributed by atoms with Crippen LogP contribution in [-0.2, 0) is 22.5 Å². The second-order valence-electron chi connectivity index (χ2n) is 9.86. The van der Waals surface area contributed by atoms with Gasteiger partial charge in [0.25, 0.3) is 0 Å². The van der Waals surface area contributed by atoms with Crippen LogP contribution in [0.3, 0.4) is 0 Å². The molecule has 3 aromatic rings. The zero-order valence-corrected chi connectivity index (χ0v) is 20.6. The molecule has 2 atom stereocenters. The zero-order chi connectivity index (χ0) is 24.0. The van der Waals surface area contributed by atoms with Gasteiger partial charge < -0.3 is 14.4 Å². The average Bonchev–Trinajstić information content (AvgIpc) is 3.31. The highest BCUT2D eigenvalue weighted by atomic mass is 16.5. The molecule has 1 aromatic heterocycles. The Morgan fingerprint density at radius 2 is 2.00 bits per heavy atom. The van der Waals surface area contributed by atoms with E-state index < -0.39 is 0 Å². The molecule has 1 amide bonds. The molecule has 0 aliphatic carbocycles. The molecule has 2 aliphatic heterocycles. The van der Waals surface area contributed by atoms with Crippen LogP contribution < -0.4 is 4.74 Å². The molecule has 0 spiro atoms. The van der Waals surface area contributed by atoms with E-state index >= 15 is 0 Å². The van der Waals surface area contributed by atoms with Gasteiger partial charge in [-0.3, -0.25) is 14.7 Å². The quantitative estimate of drug-likeness (QED) is 0.512. The van der Waals surface area contributed by atoms with E-state index in [9.17, 15) is 4.79 Å². The largest absolute Gasteiger partial charge is 0.491 e. The van der Waals surface area contributed by atoms with Gasteiger partial charge in [-0.2, -0.15) is 0 Å². The van der Waals surface area contributed by atoms with Crippen molar-refractivity contribution in [3.8, 4) is 5.75 Å². The van der Waals surface area contributed by atoms with Gasteiger partial charge in [0.15, 0.2) is 0 Å². The number of fused-ring (bicyclic) bond motifs is 1. The normalized spacial score (nSPS) is 21.2. The number of nitrogens with zero attached hydrogens (tertiary/aromatic N) is 3. The van der Waals surface area contributed by atoms with Crippen LogP contribution in [0.2, 0.25) is 0 Å². The lowest BCUT2D eigenvalue weighted by atomic mass is 9.96. The monoisotopic (exact) mass is 473 g/mol. The fraction of sp³-hybridized carbons (Fsp3) is 0.448. The summed E-state index contributed by atoms with van der Waals surface area (Å²) in [5.41, 5.74) is 3.55. The maximum atomic E-state index is 12.3. The van der Waals surface area contributed by atoms with Gasteiger partial charge in [0.2, 0.25) is 5.91 Å². The van der Waals surface area contributed by atoms with E-state index in [2.05, 4.69) is 52.3 Å². The lowest BCUT2D eigenvalue weighted by Crippen LogP contribution is -2.34. The molecule has 2 fully saturated rings. The van der Waals surface area contributed by atoms with Crippen molar-refractivity contribution in [3.63, 3.8) is 0 Å². The summed E-state index contributed by atoms with van der Waals surface area (Å²) in [6.45, 7) is 7.32. The van der Waals surface area contributed by atoms with Gasteiger partial charge in [0.05, 0.1) is 11.6 Å². The molecule has 6 nitrogen and oxygen atoms in total. The summed E-state index contributed by atoms with van der Waals surface area (Å²) in [5.74, 6) is 1.39. The summed E-state index contributed by atoms with van der Waals surface area (Å²) in [4.78, 5) is 21.5. The van der Waals surface area contributed by atoms with Crippen molar-refractivity contribution < 1.29 is 14.3 Å². The van der Waals surface area contributed by atoms with Crippen molar-refractivity contribution in [1.82, 2.24) is 14.8 Å². The molecule has 0 unspecified atom stereocenters. The summed E-state index contributed by atoms with van der Waals surface area (Å²) >= 11 is 0. The Labute approximate surface area is 207 Å². The summed E-state index contributed by atoms with van der Waals surface area (Å²) < 4.78 is 11.7. The molecule has 0 N–H and O–H groups in total. The number of hydrogen-bond donors (Lipinski definition) is 0.